The van der Waals surface area contributed by atoms with E-state index >= 15 is 0 Å². The Morgan fingerprint density at radius 3 is 0.768 bits per heavy atom. The summed E-state index contributed by atoms with van der Waals surface area (Å²) in [6.07, 6.45) is 103. The van der Waals surface area contributed by atoms with Crippen molar-refractivity contribution in [2.24, 2.45) is 0 Å². The number of carbonyl (C=O) groups excluding carboxylic acids is 4. The van der Waals surface area contributed by atoms with Gasteiger partial charge in [0.2, 0.25) is 0 Å². The zero-order valence-corrected chi connectivity index (χ0v) is 71.3. The third-order valence-electron chi connectivity index (χ3n) is 17.1. The molecule has 19 heteroatoms. The average molecular weight is 1600 g/mol. The molecule has 5 atom stereocenters. The highest BCUT2D eigenvalue weighted by Crippen LogP contribution is 2.45. The van der Waals surface area contributed by atoms with Crippen LogP contribution in [0.5, 0.6) is 0 Å². The summed E-state index contributed by atoms with van der Waals surface area (Å²) in [5, 5.41) is 10.7. The van der Waals surface area contributed by atoms with E-state index in [1.165, 1.54) is 64.2 Å². The van der Waals surface area contributed by atoms with Crippen molar-refractivity contribution in [2.45, 2.75) is 329 Å². The van der Waals surface area contributed by atoms with Crippen LogP contribution in [0.3, 0.4) is 0 Å². The van der Waals surface area contributed by atoms with E-state index in [-0.39, 0.29) is 25.7 Å². The highest BCUT2D eigenvalue weighted by Gasteiger charge is 2.30. The summed E-state index contributed by atoms with van der Waals surface area (Å²) in [6, 6.07) is 0. The van der Waals surface area contributed by atoms with E-state index in [1.54, 1.807) is 0 Å². The molecular formula is C93H150O17P2. The first-order valence-corrected chi connectivity index (χ1v) is 45.7. The third kappa shape index (κ3) is 81.9. The molecule has 0 bridgehead atoms. The van der Waals surface area contributed by atoms with E-state index < -0.39 is 97.5 Å². The smallest absolute Gasteiger partial charge is 0.462 e. The summed E-state index contributed by atoms with van der Waals surface area (Å²) in [5.41, 5.74) is 0. The molecule has 3 N–H and O–H groups in total. The monoisotopic (exact) mass is 1600 g/mol. The molecule has 0 radical (unpaired) electrons. The maximum Gasteiger partial charge on any atom is 0.472 e. The molecule has 0 aromatic carbocycles. The van der Waals surface area contributed by atoms with Crippen LogP contribution in [0.2, 0.25) is 0 Å². The zero-order chi connectivity index (χ0) is 81.7. The lowest BCUT2D eigenvalue weighted by atomic mass is 10.0. The summed E-state index contributed by atoms with van der Waals surface area (Å²) < 4.78 is 68.7. The van der Waals surface area contributed by atoms with Crippen molar-refractivity contribution in [1.29, 1.82) is 0 Å². The van der Waals surface area contributed by atoms with Crippen LogP contribution in [0.25, 0.3) is 0 Å². The van der Waals surface area contributed by atoms with Gasteiger partial charge in [0.15, 0.2) is 12.2 Å². The molecule has 0 heterocycles. The van der Waals surface area contributed by atoms with Gasteiger partial charge >= 0.3 is 39.5 Å². The second kappa shape index (κ2) is 82.9. The van der Waals surface area contributed by atoms with Crippen LogP contribution >= 0.6 is 15.6 Å². The van der Waals surface area contributed by atoms with Crippen LogP contribution in [0.4, 0.5) is 0 Å². The topological polar surface area (TPSA) is 237 Å². The molecular weight excluding hydrogens is 1450 g/mol. The Labute approximate surface area is 678 Å². The first-order chi connectivity index (χ1) is 54.7. The molecule has 0 aromatic heterocycles. The molecule has 0 aliphatic rings. The van der Waals surface area contributed by atoms with Crippen molar-refractivity contribution in [3.05, 3.63) is 194 Å². The number of aliphatic hydroxyl groups is 1. The first-order valence-electron chi connectivity index (χ1n) is 42.7. The Balaban J connectivity index is 5.54. The van der Waals surface area contributed by atoms with Gasteiger partial charge in [-0.05, 0) is 154 Å². The van der Waals surface area contributed by atoms with Gasteiger partial charge in [-0.3, -0.25) is 37.3 Å². The predicted molar refractivity (Wildman–Crippen MR) is 463 cm³/mol. The maximum atomic E-state index is 13.1. The molecule has 0 aliphatic carbocycles. The lowest BCUT2D eigenvalue weighted by Crippen LogP contribution is -2.30. The molecule has 0 spiro atoms. The van der Waals surface area contributed by atoms with Crippen molar-refractivity contribution < 1.29 is 80.2 Å². The lowest BCUT2D eigenvalue weighted by Gasteiger charge is -2.21. The summed E-state index contributed by atoms with van der Waals surface area (Å²) in [4.78, 5) is 73.2. The fourth-order valence-electron chi connectivity index (χ4n) is 10.7. The van der Waals surface area contributed by atoms with E-state index in [9.17, 15) is 43.2 Å². The standard InChI is InChI=1S/C93H150O17P2/c1-5-9-13-17-21-25-29-33-37-40-43-46-50-54-58-62-66-70-74-78-91(96)104-84-89(110-93(98)80-76-72-68-64-60-56-52-48-45-42-39-35-31-27-23-19-15-11-7-3)86-108-112(101,102)106-82-87(94)81-105-111(99,100)107-85-88(83-103-90(95)77-73-69-65-61-57-53-49-36-32-28-24-20-16-12-8-4)109-92(97)79-75-71-67-63-59-55-51-47-44-41-38-34-30-26-22-18-14-10-6-2/h9-11,13-15,21-23,25-27,33-35,37-39,43-48,54-56,58-60,68,72,87-89,94H,5-8,12,16-20,24,28-32,36,40-42,49-53,57,61-67,69-71,73-86H2,1-4H3,(H,99,100)(H,101,102)/b13-9-,14-10-,15-11-,25-21-,26-22-,27-23-,37-33-,38-34-,39-35-,46-43-,47-44-,48-45-,58-54-,59-55-,60-56-,72-68-/t87-,88+,89+/m0/s1. The van der Waals surface area contributed by atoms with Gasteiger partial charge in [0.25, 0.3) is 0 Å². The number of hydrogen-bond acceptors (Lipinski definition) is 15. The number of carbonyl (C=O) groups is 4. The van der Waals surface area contributed by atoms with Crippen molar-refractivity contribution in [3.63, 3.8) is 0 Å². The van der Waals surface area contributed by atoms with Gasteiger partial charge in [-0.15, -0.1) is 0 Å². The van der Waals surface area contributed by atoms with E-state index in [4.69, 9.17) is 37.0 Å². The number of rotatable bonds is 78. The van der Waals surface area contributed by atoms with E-state index in [1.807, 2.05) is 18.2 Å². The van der Waals surface area contributed by atoms with Gasteiger partial charge in [-0.2, -0.15) is 0 Å². The maximum absolute atomic E-state index is 13.1. The van der Waals surface area contributed by atoms with Gasteiger partial charge in [0, 0.05) is 25.7 Å². The Hall–Kier alpha value is -6.10. The van der Waals surface area contributed by atoms with E-state index in [0.717, 1.165) is 161 Å². The minimum atomic E-state index is -5.02. The van der Waals surface area contributed by atoms with Crippen LogP contribution in [-0.4, -0.2) is 96.7 Å². The number of hydrogen-bond donors (Lipinski definition) is 3. The largest absolute Gasteiger partial charge is 0.472 e. The Morgan fingerprint density at radius 2 is 0.482 bits per heavy atom. The Morgan fingerprint density at radius 1 is 0.259 bits per heavy atom. The molecule has 0 aromatic rings. The normalized spacial score (nSPS) is 14.7. The SMILES string of the molecule is CC/C=C\C/C=C\C/C=C\C/C=C\C/C=C\C/C=C\CCC(=O)O[C@H](COC(=O)CCCCC/C=C\C/C=C\C/C=C\C/C=C\C/C=C\CC)COP(=O)(O)OC[C@@H](O)COP(=O)(O)OC[C@@H](COC(=O)CCCCCCCCCCCCCCCCC)OC(=O)CCCCC/C=C\C/C=C\C/C=C\C/C=C\C/C=C\CC. The van der Waals surface area contributed by atoms with Gasteiger partial charge in [0.05, 0.1) is 26.4 Å². The molecule has 17 nitrogen and oxygen atoms in total. The molecule has 2 unspecified atom stereocenters. The van der Waals surface area contributed by atoms with Gasteiger partial charge in [-0.1, -0.05) is 325 Å². The molecule has 112 heavy (non-hydrogen) atoms. The average Bonchev–Trinajstić information content (AvgIpc) is 0.907. The second-order valence-corrected chi connectivity index (χ2v) is 30.5. The van der Waals surface area contributed by atoms with Crippen molar-refractivity contribution >= 4 is 39.5 Å². The number of phosphoric acid groups is 2. The van der Waals surface area contributed by atoms with Crippen LogP contribution in [0.1, 0.15) is 310 Å². The Kier molecular flexibility index (Phi) is 78.4. The van der Waals surface area contributed by atoms with Crippen LogP contribution in [0, 0.1) is 0 Å². The molecule has 0 saturated carbocycles. The minimum absolute atomic E-state index is 0.0464. The molecule has 634 valence electrons. The van der Waals surface area contributed by atoms with Gasteiger partial charge in [-0.25, -0.2) is 9.13 Å². The van der Waals surface area contributed by atoms with Crippen LogP contribution in [-0.2, 0) is 65.4 Å². The molecule has 0 amide bonds. The van der Waals surface area contributed by atoms with Gasteiger partial charge < -0.3 is 33.8 Å². The molecule has 0 fully saturated rings. The van der Waals surface area contributed by atoms with E-state index in [0.29, 0.717) is 32.1 Å². The number of ether oxygens (including phenoxy) is 4. The van der Waals surface area contributed by atoms with Crippen LogP contribution < -0.4 is 0 Å². The number of aliphatic hydroxyl groups excluding tert-OH is 1. The number of allylic oxidation sites excluding steroid dienone is 32. The van der Waals surface area contributed by atoms with E-state index in [2.05, 4.69) is 204 Å². The predicted octanol–water partition coefficient (Wildman–Crippen LogP) is 25.7. The number of phosphoric ester groups is 2. The zero-order valence-electron chi connectivity index (χ0n) is 69.5. The van der Waals surface area contributed by atoms with Gasteiger partial charge in [0.1, 0.15) is 19.3 Å². The highest BCUT2D eigenvalue weighted by molar-refractivity contribution is 7.47. The second-order valence-electron chi connectivity index (χ2n) is 27.6. The summed E-state index contributed by atoms with van der Waals surface area (Å²) in [7, 11) is -10.0. The van der Waals surface area contributed by atoms with Crippen molar-refractivity contribution in [1.82, 2.24) is 0 Å². The fraction of sp³-hybridized carbons (Fsp3) is 0.613. The minimum Gasteiger partial charge on any atom is -0.462 e. The molecule has 0 saturated heterocycles. The molecule has 0 rings (SSSR count). The molecule has 0 aliphatic heterocycles. The third-order valence-corrected chi connectivity index (χ3v) is 19.0. The first kappa shape index (κ1) is 106. The number of unbranched alkanes of at least 4 members (excludes halogenated alkanes) is 20. The Bertz CT molecular complexity index is 2890. The fourth-order valence-corrected chi connectivity index (χ4v) is 12.3. The number of esters is 4. The van der Waals surface area contributed by atoms with Crippen molar-refractivity contribution in [3.8, 4) is 0 Å². The summed E-state index contributed by atoms with van der Waals surface area (Å²) >= 11 is 0. The highest BCUT2D eigenvalue weighted by atomic mass is 31.2. The van der Waals surface area contributed by atoms with Crippen LogP contribution in [0.15, 0.2) is 194 Å². The summed E-state index contributed by atoms with van der Waals surface area (Å²) in [6.45, 7) is 4.38. The lowest BCUT2D eigenvalue weighted by molar-refractivity contribution is -0.161. The summed E-state index contributed by atoms with van der Waals surface area (Å²) in [5.74, 6) is -2.36. The quantitative estimate of drug-likeness (QED) is 0.0169. The van der Waals surface area contributed by atoms with Crippen molar-refractivity contribution in [2.75, 3.05) is 39.6 Å².